The molecule has 0 aromatic heterocycles. The topological polar surface area (TPSA) is 61.7 Å². The number of allylic oxidation sites excluding steroid dienone is 2. The van der Waals surface area contributed by atoms with Crippen molar-refractivity contribution in [1.82, 2.24) is 5.32 Å². The van der Waals surface area contributed by atoms with E-state index in [2.05, 4.69) is 10.3 Å². The van der Waals surface area contributed by atoms with Gasteiger partial charge in [-0.15, -0.1) is 0 Å². The van der Waals surface area contributed by atoms with E-state index in [1.54, 1.807) is 6.21 Å². The van der Waals surface area contributed by atoms with Crippen molar-refractivity contribution in [1.29, 1.82) is 0 Å². The van der Waals surface area contributed by atoms with Crippen LogP contribution in [-0.4, -0.2) is 36.2 Å². The molecule has 1 saturated heterocycles. The summed E-state index contributed by atoms with van der Waals surface area (Å²) < 4.78 is 0. The van der Waals surface area contributed by atoms with Gasteiger partial charge in [-0.05, 0) is 30.9 Å². The summed E-state index contributed by atoms with van der Waals surface area (Å²) in [6.07, 6.45) is 4.84. The van der Waals surface area contributed by atoms with Gasteiger partial charge in [0, 0.05) is 25.1 Å². The molecule has 3 rings (SSSR count). The molecule has 116 valence electrons. The number of aliphatic imine (C=N–C) groups is 1. The van der Waals surface area contributed by atoms with Gasteiger partial charge in [-0.1, -0.05) is 30.3 Å². The van der Waals surface area contributed by atoms with Gasteiger partial charge in [0.2, 0.25) is 0 Å². The molecule has 2 N–H and O–H groups in total. The maximum absolute atomic E-state index is 12.3. The predicted molar refractivity (Wildman–Crippen MR) is 87.5 cm³/mol. The Balaban J connectivity index is 1.67. The first-order chi connectivity index (χ1) is 10.7. The second-order valence-electron chi connectivity index (χ2n) is 6.09. The van der Waals surface area contributed by atoms with Crippen molar-refractivity contribution in [2.24, 2.45) is 4.99 Å². The van der Waals surface area contributed by atoms with E-state index < -0.39 is 0 Å². The number of carbonyl (C=O) groups excluding carboxylic acids is 1. The fraction of sp³-hybridized carbons (Fsp3) is 0.444. The first-order valence-corrected chi connectivity index (χ1v) is 7.97. The number of ketones is 1. The number of aliphatic hydroxyl groups is 1. The predicted octanol–water partition coefficient (Wildman–Crippen LogP) is 2.77. The van der Waals surface area contributed by atoms with Gasteiger partial charge < -0.3 is 10.4 Å². The van der Waals surface area contributed by atoms with Crippen LogP contribution in [0.3, 0.4) is 0 Å². The molecule has 1 unspecified atom stereocenters. The first-order valence-electron chi connectivity index (χ1n) is 7.97. The quantitative estimate of drug-likeness (QED) is 0.840. The normalized spacial score (nSPS) is 26.1. The monoisotopic (exact) mass is 298 g/mol. The van der Waals surface area contributed by atoms with Crippen LogP contribution in [0, 0.1) is 0 Å². The molecule has 0 spiro atoms. The van der Waals surface area contributed by atoms with Gasteiger partial charge in [-0.3, -0.25) is 9.79 Å². The van der Waals surface area contributed by atoms with Crippen molar-refractivity contribution in [3.05, 3.63) is 47.2 Å². The molecule has 4 nitrogen and oxygen atoms in total. The van der Waals surface area contributed by atoms with Crippen LogP contribution in [0.15, 0.2) is 46.7 Å². The molecule has 0 saturated carbocycles. The van der Waals surface area contributed by atoms with E-state index >= 15 is 0 Å². The Bertz CT molecular complexity index is 586. The molecule has 4 heteroatoms. The third kappa shape index (κ3) is 3.45. The first kappa shape index (κ1) is 15.0. The summed E-state index contributed by atoms with van der Waals surface area (Å²) in [6.45, 7) is 1.72. The van der Waals surface area contributed by atoms with Crippen LogP contribution in [-0.2, 0) is 4.79 Å². The van der Waals surface area contributed by atoms with Crippen molar-refractivity contribution >= 4 is 12.0 Å². The Hall–Kier alpha value is -1.94. The minimum absolute atomic E-state index is 0.0132. The molecule has 0 bridgehead atoms. The summed E-state index contributed by atoms with van der Waals surface area (Å²) >= 11 is 0. The average Bonchev–Trinajstić information content (AvgIpc) is 3.04. The lowest BCUT2D eigenvalue weighted by Crippen LogP contribution is -2.24. The molecule has 1 aliphatic heterocycles. The molecule has 1 aromatic rings. The van der Waals surface area contributed by atoms with Gasteiger partial charge >= 0.3 is 0 Å². The highest BCUT2D eigenvalue weighted by Gasteiger charge is 2.27. The lowest BCUT2D eigenvalue weighted by molar-refractivity contribution is -0.116. The highest BCUT2D eigenvalue weighted by molar-refractivity contribution is 6.14. The summed E-state index contributed by atoms with van der Waals surface area (Å²) in [4.78, 5) is 16.6. The number of benzene rings is 1. The zero-order chi connectivity index (χ0) is 15.4. The van der Waals surface area contributed by atoms with E-state index in [9.17, 15) is 9.90 Å². The number of hydrogen-bond donors (Lipinski definition) is 2. The van der Waals surface area contributed by atoms with Gasteiger partial charge in [0.05, 0.1) is 12.1 Å². The van der Waals surface area contributed by atoms with Crippen molar-refractivity contribution in [2.75, 3.05) is 13.1 Å². The lowest BCUT2D eigenvalue weighted by Gasteiger charge is -2.22. The summed E-state index contributed by atoms with van der Waals surface area (Å²) in [5.41, 5.74) is 1.50. The van der Waals surface area contributed by atoms with E-state index in [-0.39, 0.29) is 17.5 Å². The molecule has 1 aliphatic carbocycles. The Kier molecular flexibility index (Phi) is 4.68. The van der Waals surface area contributed by atoms with Crippen LogP contribution >= 0.6 is 0 Å². The number of nitrogens with zero attached hydrogens (tertiary/aromatic N) is 1. The van der Waals surface area contributed by atoms with Crippen LogP contribution in [0.2, 0.25) is 0 Å². The fourth-order valence-electron chi connectivity index (χ4n) is 3.20. The van der Waals surface area contributed by atoms with Crippen LogP contribution in [0.25, 0.3) is 0 Å². The summed E-state index contributed by atoms with van der Waals surface area (Å²) in [5.74, 6) is 0.233. The summed E-state index contributed by atoms with van der Waals surface area (Å²) in [6, 6.07) is 10.3. The Morgan fingerprint density at radius 3 is 2.77 bits per heavy atom. The van der Waals surface area contributed by atoms with Gasteiger partial charge in [-0.2, -0.15) is 0 Å². The zero-order valence-corrected chi connectivity index (χ0v) is 12.7. The number of Topliss-reactive ketones (excluding diaryl/α,β-unsaturated/α-hetero) is 1. The third-order valence-corrected chi connectivity index (χ3v) is 4.46. The molecular formula is C18H22N2O2. The highest BCUT2D eigenvalue weighted by Crippen LogP contribution is 2.32. The molecule has 1 aromatic carbocycles. The largest absolute Gasteiger partial charge is 0.511 e. The van der Waals surface area contributed by atoms with Gasteiger partial charge in [0.15, 0.2) is 5.78 Å². The van der Waals surface area contributed by atoms with E-state index in [4.69, 9.17) is 0 Å². The number of hydrogen-bond acceptors (Lipinski definition) is 4. The summed E-state index contributed by atoms with van der Waals surface area (Å²) in [7, 11) is 0. The standard InChI is InChI=1S/C18H22N2O2/c21-17-9-14(13-5-2-1-3-6-13)10-18(22)16(17)12-19-11-15-7-4-8-20-15/h1-3,5-6,12,14-15,20-21H,4,7-11H2/t14?,15-/m0/s1. The van der Waals surface area contributed by atoms with Crippen LogP contribution in [0.1, 0.15) is 37.2 Å². The third-order valence-electron chi connectivity index (χ3n) is 4.46. The average molecular weight is 298 g/mol. The smallest absolute Gasteiger partial charge is 0.168 e. The second-order valence-corrected chi connectivity index (χ2v) is 6.09. The molecule has 0 radical (unpaired) electrons. The molecule has 1 fully saturated rings. The van der Waals surface area contributed by atoms with Crippen LogP contribution < -0.4 is 5.32 Å². The Labute approximate surface area is 131 Å². The van der Waals surface area contributed by atoms with E-state index in [0.29, 0.717) is 31.0 Å². The van der Waals surface area contributed by atoms with Crippen LogP contribution in [0.5, 0.6) is 0 Å². The SMILES string of the molecule is O=C1CC(c2ccccc2)CC(O)=C1C=NC[C@@H]1CCCN1. The van der Waals surface area contributed by atoms with E-state index in [1.165, 1.54) is 6.42 Å². The minimum Gasteiger partial charge on any atom is -0.511 e. The van der Waals surface area contributed by atoms with Crippen molar-refractivity contribution < 1.29 is 9.90 Å². The lowest BCUT2D eigenvalue weighted by atomic mass is 9.83. The number of nitrogens with one attached hydrogen (secondary N) is 1. The molecule has 2 aliphatic rings. The second kappa shape index (κ2) is 6.88. The maximum Gasteiger partial charge on any atom is 0.168 e. The molecule has 1 heterocycles. The van der Waals surface area contributed by atoms with Crippen molar-refractivity contribution in [3.63, 3.8) is 0 Å². The van der Waals surface area contributed by atoms with Crippen LogP contribution in [0.4, 0.5) is 0 Å². The van der Waals surface area contributed by atoms with Crippen molar-refractivity contribution in [3.8, 4) is 0 Å². The minimum atomic E-state index is -0.0132. The molecular weight excluding hydrogens is 276 g/mol. The summed E-state index contributed by atoms with van der Waals surface area (Å²) in [5, 5.41) is 13.6. The van der Waals surface area contributed by atoms with Gasteiger partial charge in [-0.25, -0.2) is 0 Å². The molecule has 0 amide bonds. The van der Waals surface area contributed by atoms with E-state index in [0.717, 1.165) is 18.5 Å². The Morgan fingerprint density at radius 1 is 1.27 bits per heavy atom. The maximum atomic E-state index is 12.3. The molecule has 2 atom stereocenters. The van der Waals surface area contributed by atoms with E-state index in [1.807, 2.05) is 30.3 Å². The number of rotatable bonds is 4. The number of carbonyl (C=O) groups is 1. The van der Waals surface area contributed by atoms with Crippen molar-refractivity contribution in [2.45, 2.75) is 37.6 Å². The highest BCUT2D eigenvalue weighted by atomic mass is 16.3. The zero-order valence-electron chi connectivity index (χ0n) is 12.7. The van der Waals surface area contributed by atoms with Gasteiger partial charge in [0.25, 0.3) is 0 Å². The fourth-order valence-corrected chi connectivity index (χ4v) is 3.20. The Morgan fingerprint density at radius 2 is 2.09 bits per heavy atom. The van der Waals surface area contributed by atoms with Gasteiger partial charge in [0.1, 0.15) is 5.76 Å². The molecule has 22 heavy (non-hydrogen) atoms. The number of aliphatic hydroxyl groups excluding tert-OH is 1.